The SMILES string of the molecule is CCCCO[C@@H]1C(NC(=O)C2O[C@@H](N=[N+]=[N-])C(OC(C)=O)[C@@H](C)[C@H]2C)[C@H](Sc2ccc(OC)cc2)OC2COC(c3ccccc3)O[C@@H]21. The molecule has 0 bridgehead atoms. The number of methoxy groups -OCH3 is 1. The molecule has 0 saturated carbocycles. The van der Waals surface area contributed by atoms with Crippen LogP contribution >= 0.6 is 11.8 Å². The van der Waals surface area contributed by atoms with Gasteiger partial charge < -0.3 is 38.5 Å². The summed E-state index contributed by atoms with van der Waals surface area (Å²) in [7, 11) is 1.61. The van der Waals surface area contributed by atoms with Crippen LogP contribution in [0, 0.1) is 11.8 Å². The molecule has 11 atom stereocenters. The van der Waals surface area contributed by atoms with Crippen LogP contribution in [-0.4, -0.2) is 80.4 Å². The van der Waals surface area contributed by atoms with Crippen LogP contribution in [-0.2, 0) is 38.0 Å². The second kappa shape index (κ2) is 16.8. The average Bonchev–Trinajstić information content (AvgIpc) is 3.09. The van der Waals surface area contributed by atoms with Gasteiger partial charge >= 0.3 is 5.97 Å². The highest BCUT2D eigenvalue weighted by Crippen LogP contribution is 2.41. The molecule has 5 rings (SSSR count). The summed E-state index contributed by atoms with van der Waals surface area (Å²) in [5, 5.41) is 6.92. The molecule has 2 aromatic rings. The summed E-state index contributed by atoms with van der Waals surface area (Å²) in [4.78, 5) is 29.8. The number of fused-ring (bicyclic) bond motifs is 1. The lowest BCUT2D eigenvalue weighted by atomic mass is 9.82. The third-order valence-electron chi connectivity index (χ3n) is 8.96. The number of nitrogens with zero attached hydrogens (tertiary/aromatic N) is 3. The van der Waals surface area contributed by atoms with E-state index >= 15 is 0 Å². The summed E-state index contributed by atoms with van der Waals surface area (Å²) in [5.41, 5.74) is 9.50. The molecule has 260 valence electrons. The van der Waals surface area contributed by atoms with E-state index in [9.17, 15) is 15.1 Å². The minimum atomic E-state index is -1.18. The largest absolute Gasteiger partial charge is 0.497 e. The van der Waals surface area contributed by atoms with E-state index in [1.807, 2.05) is 68.4 Å². The Hall–Kier alpha value is -3.36. The van der Waals surface area contributed by atoms with E-state index in [1.54, 1.807) is 7.11 Å². The van der Waals surface area contributed by atoms with Crippen LogP contribution < -0.4 is 10.1 Å². The Morgan fingerprint density at radius 3 is 2.46 bits per heavy atom. The number of nitrogens with one attached hydrogen (secondary N) is 1. The molecule has 5 unspecified atom stereocenters. The molecule has 1 amide bonds. The van der Waals surface area contributed by atoms with E-state index in [1.165, 1.54) is 18.7 Å². The van der Waals surface area contributed by atoms with Crippen LogP contribution in [0.25, 0.3) is 10.4 Å². The van der Waals surface area contributed by atoms with Gasteiger partial charge in [-0.1, -0.05) is 74.4 Å². The quantitative estimate of drug-likeness (QED) is 0.0990. The third-order valence-corrected chi connectivity index (χ3v) is 10.1. The first-order valence-electron chi connectivity index (χ1n) is 16.3. The van der Waals surface area contributed by atoms with Crippen molar-refractivity contribution < 1.29 is 42.7 Å². The van der Waals surface area contributed by atoms with E-state index < -0.39 is 72.3 Å². The molecule has 1 N–H and O–H groups in total. The maximum absolute atomic E-state index is 14.2. The predicted molar refractivity (Wildman–Crippen MR) is 176 cm³/mol. The van der Waals surface area contributed by atoms with Crippen molar-refractivity contribution in [2.45, 2.75) is 99.9 Å². The molecule has 0 spiro atoms. The number of azide groups is 1. The molecule has 2 aromatic carbocycles. The summed E-state index contributed by atoms with van der Waals surface area (Å²) in [5.74, 6) is -1.00. The van der Waals surface area contributed by atoms with E-state index in [0.29, 0.717) is 6.61 Å². The highest BCUT2D eigenvalue weighted by molar-refractivity contribution is 7.99. The van der Waals surface area contributed by atoms with Crippen LogP contribution in [0.2, 0.25) is 0 Å². The van der Waals surface area contributed by atoms with Crippen LogP contribution in [0.15, 0.2) is 64.6 Å². The first-order chi connectivity index (χ1) is 23.2. The van der Waals surface area contributed by atoms with Crippen LogP contribution in [0.3, 0.4) is 0 Å². The second-order valence-electron chi connectivity index (χ2n) is 12.2. The number of hydrogen-bond donors (Lipinski definition) is 1. The van der Waals surface area contributed by atoms with Crippen LogP contribution in [0.4, 0.5) is 0 Å². The van der Waals surface area contributed by atoms with Gasteiger partial charge in [0.2, 0.25) is 5.91 Å². The molecule has 13 nitrogen and oxygen atoms in total. The number of hydrogen-bond acceptors (Lipinski definition) is 11. The predicted octanol–water partition coefficient (Wildman–Crippen LogP) is 5.54. The fourth-order valence-electron chi connectivity index (χ4n) is 6.19. The van der Waals surface area contributed by atoms with E-state index in [4.69, 9.17) is 33.2 Å². The van der Waals surface area contributed by atoms with Gasteiger partial charge in [0.15, 0.2) is 12.5 Å². The van der Waals surface area contributed by atoms with Crippen molar-refractivity contribution in [3.63, 3.8) is 0 Å². The molecule has 3 heterocycles. The van der Waals surface area contributed by atoms with Crippen LogP contribution in [0.1, 0.15) is 52.4 Å². The van der Waals surface area contributed by atoms with Crippen molar-refractivity contribution in [3.05, 3.63) is 70.6 Å². The van der Waals surface area contributed by atoms with Gasteiger partial charge in [0.1, 0.15) is 41.7 Å². The van der Waals surface area contributed by atoms with Gasteiger partial charge in [0.25, 0.3) is 0 Å². The number of ether oxygens (including phenoxy) is 7. The molecule has 0 aromatic heterocycles. The Morgan fingerprint density at radius 1 is 1.04 bits per heavy atom. The Balaban J connectivity index is 1.45. The van der Waals surface area contributed by atoms with Gasteiger partial charge in [-0.3, -0.25) is 9.59 Å². The zero-order chi connectivity index (χ0) is 34.2. The van der Waals surface area contributed by atoms with Crippen LogP contribution in [0.5, 0.6) is 5.75 Å². The molecule has 3 aliphatic heterocycles. The molecule has 3 aliphatic rings. The first kappa shape index (κ1) is 35.9. The van der Waals surface area contributed by atoms with Gasteiger partial charge in [-0.15, -0.1) is 0 Å². The topological polar surface area (TPSA) is 160 Å². The number of amides is 1. The third kappa shape index (κ3) is 8.43. The van der Waals surface area contributed by atoms with Crippen molar-refractivity contribution in [2.75, 3.05) is 20.3 Å². The lowest BCUT2D eigenvalue weighted by Gasteiger charge is -2.50. The van der Waals surface area contributed by atoms with Crippen molar-refractivity contribution >= 4 is 23.6 Å². The van der Waals surface area contributed by atoms with Crippen molar-refractivity contribution in [3.8, 4) is 5.75 Å². The monoisotopic (exact) mass is 684 g/mol. The number of thioether (sulfide) groups is 1. The lowest BCUT2D eigenvalue weighted by Crippen LogP contribution is -2.67. The normalized spacial score (nSPS) is 33.1. The fraction of sp³-hybridized carbons (Fsp3) is 0.588. The van der Waals surface area contributed by atoms with Gasteiger partial charge in [-0.2, -0.15) is 0 Å². The molecule has 3 fully saturated rings. The Labute approximate surface area is 284 Å². The molecule has 3 saturated heterocycles. The number of rotatable bonds is 12. The molecular formula is C34H44N4O9S. The lowest BCUT2D eigenvalue weighted by molar-refractivity contribution is -0.311. The summed E-state index contributed by atoms with van der Waals surface area (Å²) in [6.07, 6.45) is -3.58. The van der Waals surface area contributed by atoms with Gasteiger partial charge in [-0.05, 0) is 42.1 Å². The standard InChI is InChI=1S/C34H44N4O9S/c1-6-7-17-42-30-26(36-31(40)27-19(2)20(3)28(44-21(4)39)32(46-27)37-38-35)34(48-24-15-13-23(41-5)14-16-24)45-25-18-43-33(47-29(25)30)22-11-9-8-10-12-22/h8-16,19-20,25-30,32-34H,6-7,17-18H2,1-5H3,(H,36,40)/t19-,20+,25?,26?,27?,28?,29+,30-,32-,33?,34+/m1/s1. The average molecular weight is 685 g/mol. The number of unbranched alkanes of at least 4 members (excludes halogenated alkanes) is 1. The number of esters is 1. The van der Waals surface area contributed by atoms with Gasteiger partial charge in [0.05, 0.1) is 19.8 Å². The fourth-order valence-corrected chi connectivity index (χ4v) is 7.32. The first-order valence-corrected chi connectivity index (χ1v) is 17.2. The number of benzene rings is 2. The highest BCUT2D eigenvalue weighted by Gasteiger charge is 2.53. The molecular weight excluding hydrogens is 640 g/mol. The van der Waals surface area contributed by atoms with Crippen molar-refractivity contribution in [2.24, 2.45) is 17.0 Å². The van der Waals surface area contributed by atoms with E-state index in [2.05, 4.69) is 22.3 Å². The molecule has 48 heavy (non-hydrogen) atoms. The summed E-state index contributed by atoms with van der Waals surface area (Å²) in [6.45, 7) is 7.76. The number of carbonyl (C=O) groups excluding carboxylic acids is 2. The summed E-state index contributed by atoms with van der Waals surface area (Å²) in [6, 6.07) is 16.6. The minimum absolute atomic E-state index is 0.268. The summed E-state index contributed by atoms with van der Waals surface area (Å²) < 4.78 is 42.8. The van der Waals surface area contributed by atoms with Crippen molar-refractivity contribution in [1.82, 2.24) is 5.32 Å². The maximum atomic E-state index is 14.2. The van der Waals surface area contributed by atoms with Gasteiger partial charge in [-0.25, -0.2) is 0 Å². The highest BCUT2D eigenvalue weighted by atomic mass is 32.2. The Morgan fingerprint density at radius 2 is 1.79 bits per heavy atom. The van der Waals surface area contributed by atoms with Gasteiger partial charge in [0, 0.05) is 34.8 Å². The Kier molecular flexibility index (Phi) is 12.6. The Bertz CT molecular complexity index is 1410. The summed E-state index contributed by atoms with van der Waals surface area (Å²) >= 11 is 1.45. The minimum Gasteiger partial charge on any atom is -0.497 e. The number of carbonyl (C=O) groups is 2. The zero-order valence-corrected chi connectivity index (χ0v) is 28.6. The molecule has 0 radical (unpaired) electrons. The van der Waals surface area contributed by atoms with E-state index in [0.717, 1.165) is 29.1 Å². The second-order valence-corrected chi connectivity index (χ2v) is 13.4. The smallest absolute Gasteiger partial charge is 0.303 e. The molecule has 0 aliphatic carbocycles. The zero-order valence-electron chi connectivity index (χ0n) is 27.8. The maximum Gasteiger partial charge on any atom is 0.303 e. The van der Waals surface area contributed by atoms with Crippen molar-refractivity contribution in [1.29, 1.82) is 0 Å². The molecule has 14 heteroatoms. The van der Waals surface area contributed by atoms with E-state index in [-0.39, 0.29) is 12.5 Å².